The summed E-state index contributed by atoms with van der Waals surface area (Å²) in [6, 6.07) is 6.37. The van der Waals surface area contributed by atoms with Gasteiger partial charge in [-0.05, 0) is 49.5 Å². The van der Waals surface area contributed by atoms with Crippen LogP contribution in [0.2, 0.25) is 5.02 Å². The summed E-state index contributed by atoms with van der Waals surface area (Å²) in [5.74, 6) is 0.709. The van der Waals surface area contributed by atoms with Crippen LogP contribution in [0.3, 0.4) is 0 Å². The minimum Gasteiger partial charge on any atom is -0.316 e. The van der Waals surface area contributed by atoms with Crippen molar-refractivity contribution in [2.45, 2.75) is 25.8 Å². The largest absolute Gasteiger partial charge is 0.316 e. The molecule has 2 N–H and O–H groups in total. The number of amides is 1. The van der Waals surface area contributed by atoms with E-state index in [9.17, 15) is 9.18 Å². The molecule has 0 bridgehead atoms. The average molecular weight is 351 g/mol. The highest BCUT2D eigenvalue weighted by Gasteiger charge is 2.16. The summed E-state index contributed by atoms with van der Waals surface area (Å²) in [6.45, 7) is 2.40. The minimum atomic E-state index is -0.461. The normalized spacial score (nSPS) is 17.2. The highest BCUT2D eigenvalue weighted by atomic mass is 35.5. The molecule has 1 unspecified atom stereocenters. The van der Waals surface area contributed by atoms with E-state index in [1.165, 1.54) is 12.1 Å². The Morgan fingerprint density at radius 2 is 2.33 bits per heavy atom. The predicted octanol–water partition coefficient (Wildman–Crippen LogP) is 3.05. The lowest BCUT2D eigenvalue weighted by atomic mass is 10.0. The third kappa shape index (κ3) is 4.33. The van der Waals surface area contributed by atoms with Crippen molar-refractivity contribution in [1.82, 2.24) is 15.1 Å². The molecule has 1 aromatic heterocycles. The number of nitrogens with zero attached hydrogens (tertiary/aromatic N) is 2. The Morgan fingerprint density at radius 3 is 3.08 bits per heavy atom. The molecular weight excluding hydrogens is 331 g/mol. The number of benzene rings is 1. The molecule has 1 aliphatic heterocycles. The Labute approximate surface area is 145 Å². The van der Waals surface area contributed by atoms with E-state index in [1.54, 1.807) is 23.0 Å². The molecule has 2 heterocycles. The third-order valence-corrected chi connectivity index (χ3v) is 4.55. The molecule has 3 rings (SSSR count). The van der Waals surface area contributed by atoms with E-state index >= 15 is 0 Å². The molecule has 1 saturated heterocycles. The zero-order valence-electron chi connectivity index (χ0n) is 13.3. The number of carbonyl (C=O) groups excluding carboxylic acids is 1. The van der Waals surface area contributed by atoms with Gasteiger partial charge in [-0.2, -0.15) is 5.10 Å². The average Bonchev–Trinajstić information content (AvgIpc) is 3.21. The summed E-state index contributed by atoms with van der Waals surface area (Å²) >= 11 is 5.69. The molecule has 1 aliphatic rings. The Bertz CT molecular complexity index is 712. The first kappa shape index (κ1) is 16.9. The molecule has 1 fully saturated rings. The number of nitrogens with one attached hydrogen (secondary N) is 2. The summed E-state index contributed by atoms with van der Waals surface area (Å²) in [7, 11) is 0. The quantitative estimate of drug-likeness (QED) is 0.841. The fourth-order valence-corrected chi connectivity index (χ4v) is 2.99. The van der Waals surface area contributed by atoms with Gasteiger partial charge in [-0.25, -0.2) is 9.07 Å². The molecule has 1 amide bonds. The first-order valence-electron chi connectivity index (χ1n) is 8.08. The molecule has 1 atom stereocenters. The lowest BCUT2D eigenvalue weighted by Gasteiger charge is -2.11. The van der Waals surface area contributed by atoms with Gasteiger partial charge in [-0.3, -0.25) is 4.79 Å². The van der Waals surface area contributed by atoms with Crippen LogP contribution in [0.4, 0.5) is 10.2 Å². The maximum atomic E-state index is 13.5. The van der Waals surface area contributed by atoms with E-state index in [0.717, 1.165) is 31.5 Å². The maximum absolute atomic E-state index is 13.5. The van der Waals surface area contributed by atoms with Gasteiger partial charge in [0.2, 0.25) is 5.91 Å². The van der Waals surface area contributed by atoms with Crippen molar-refractivity contribution in [1.29, 1.82) is 0 Å². The first-order valence-corrected chi connectivity index (χ1v) is 8.46. The van der Waals surface area contributed by atoms with Crippen LogP contribution >= 0.6 is 11.6 Å². The van der Waals surface area contributed by atoms with Crippen molar-refractivity contribution in [2.24, 2.45) is 5.92 Å². The van der Waals surface area contributed by atoms with Crippen LogP contribution in [0.15, 0.2) is 30.5 Å². The number of hydrogen-bond donors (Lipinski definition) is 2. The van der Waals surface area contributed by atoms with E-state index in [1.807, 2.05) is 0 Å². The van der Waals surface area contributed by atoms with Gasteiger partial charge in [-0.15, -0.1) is 0 Å². The van der Waals surface area contributed by atoms with Crippen LogP contribution in [0, 0.1) is 11.7 Å². The van der Waals surface area contributed by atoms with Gasteiger partial charge < -0.3 is 10.6 Å². The lowest BCUT2D eigenvalue weighted by molar-refractivity contribution is -0.116. The van der Waals surface area contributed by atoms with E-state index in [-0.39, 0.29) is 10.9 Å². The van der Waals surface area contributed by atoms with E-state index < -0.39 is 5.82 Å². The third-order valence-electron chi connectivity index (χ3n) is 4.24. The summed E-state index contributed by atoms with van der Waals surface area (Å²) < 4.78 is 15.2. The molecule has 0 saturated carbocycles. The fourth-order valence-electron chi connectivity index (χ4n) is 2.88. The number of anilines is 1. The topological polar surface area (TPSA) is 59.0 Å². The van der Waals surface area contributed by atoms with Crippen molar-refractivity contribution >= 4 is 23.3 Å². The number of aromatic nitrogens is 2. The standard InChI is InChI=1S/C17H20ClFN4O/c18-14-3-1-13(9-15(14)19)11-23-16(6-8-21-23)22-17(24)4-2-12-5-7-20-10-12/h1,3,6,8-9,12,20H,2,4-5,7,10-11H2,(H,22,24). The summed E-state index contributed by atoms with van der Waals surface area (Å²) in [5.41, 5.74) is 0.730. The maximum Gasteiger partial charge on any atom is 0.225 e. The van der Waals surface area contributed by atoms with E-state index in [4.69, 9.17) is 11.6 Å². The summed E-state index contributed by atoms with van der Waals surface area (Å²) in [6.07, 6.45) is 4.12. The van der Waals surface area contributed by atoms with Gasteiger partial charge in [0.15, 0.2) is 0 Å². The predicted molar refractivity (Wildman–Crippen MR) is 91.6 cm³/mol. The lowest BCUT2D eigenvalue weighted by Crippen LogP contribution is -2.17. The Hall–Kier alpha value is -1.92. The summed E-state index contributed by atoms with van der Waals surface area (Å²) in [5, 5.41) is 10.5. The monoisotopic (exact) mass is 350 g/mol. The van der Waals surface area contributed by atoms with Gasteiger partial charge in [0, 0.05) is 12.5 Å². The molecule has 7 heteroatoms. The first-order chi connectivity index (χ1) is 11.6. The smallest absolute Gasteiger partial charge is 0.225 e. The second-order valence-corrected chi connectivity index (χ2v) is 6.48. The molecule has 0 spiro atoms. The molecule has 5 nitrogen and oxygen atoms in total. The summed E-state index contributed by atoms with van der Waals surface area (Å²) in [4.78, 5) is 12.1. The zero-order valence-corrected chi connectivity index (χ0v) is 14.0. The van der Waals surface area contributed by atoms with Gasteiger partial charge in [-0.1, -0.05) is 17.7 Å². The number of carbonyl (C=O) groups is 1. The number of halogens is 2. The fraction of sp³-hybridized carbons (Fsp3) is 0.412. The van der Waals surface area contributed by atoms with Crippen LogP contribution in [0.1, 0.15) is 24.8 Å². The molecular formula is C17H20ClFN4O. The van der Waals surface area contributed by atoms with E-state index in [0.29, 0.717) is 24.7 Å². The van der Waals surface area contributed by atoms with E-state index in [2.05, 4.69) is 15.7 Å². The molecule has 1 aromatic carbocycles. The van der Waals surface area contributed by atoms with Crippen molar-refractivity contribution < 1.29 is 9.18 Å². The van der Waals surface area contributed by atoms with Crippen LogP contribution in [0.25, 0.3) is 0 Å². The Morgan fingerprint density at radius 1 is 1.46 bits per heavy atom. The van der Waals surface area contributed by atoms with Crippen molar-refractivity contribution in [3.05, 3.63) is 46.9 Å². The Balaban J connectivity index is 1.57. The number of hydrogen-bond acceptors (Lipinski definition) is 3. The van der Waals surface area contributed by atoms with Gasteiger partial charge in [0.05, 0.1) is 17.8 Å². The highest BCUT2D eigenvalue weighted by molar-refractivity contribution is 6.30. The van der Waals surface area contributed by atoms with Crippen LogP contribution in [-0.4, -0.2) is 28.8 Å². The van der Waals surface area contributed by atoms with Gasteiger partial charge >= 0.3 is 0 Å². The van der Waals surface area contributed by atoms with Gasteiger partial charge in [0.25, 0.3) is 0 Å². The highest BCUT2D eigenvalue weighted by Crippen LogP contribution is 2.18. The molecule has 2 aromatic rings. The molecule has 0 radical (unpaired) electrons. The van der Waals surface area contributed by atoms with Crippen molar-refractivity contribution in [2.75, 3.05) is 18.4 Å². The zero-order chi connectivity index (χ0) is 16.9. The second-order valence-electron chi connectivity index (χ2n) is 6.07. The van der Waals surface area contributed by atoms with Crippen LogP contribution in [-0.2, 0) is 11.3 Å². The molecule has 128 valence electrons. The van der Waals surface area contributed by atoms with Crippen molar-refractivity contribution in [3.8, 4) is 0 Å². The van der Waals surface area contributed by atoms with Crippen LogP contribution < -0.4 is 10.6 Å². The molecule has 24 heavy (non-hydrogen) atoms. The second kappa shape index (κ2) is 7.77. The minimum absolute atomic E-state index is 0.0223. The van der Waals surface area contributed by atoms with Crippen molar-refractivity contribution in [3.63, 3.8) is 0 Å². The SMILES string of the molecule is O=C(CCC1CCNC1)Nc1ccnn1Cc1ccc(Cl)c(F)c1. The Kier molecular flexibility index (Phi) is 5.48. The number of rotatable bonds is 6. The molecule has 0 aliphatic carbocycles. The van der Waals surface area contributed by atoms with Gasteiger partial charge in [0.1, 0.15) is 11.6 Å². The van der Waals surface area contributed by atoms with Crippen LogP contribution in [0.5, 0.6) is 0 Å².